The Morgan fingerprint density at radius 3 is 2.42 bits per heavy atom. The monoisotopic (exact) mass is 191 g/mol. The van der Waals surface area contributed by atoms with E-state index < -0.39 is 11.1 Å². The number of nitrogens with zero attached hydrogens (tertiary/aromatic N) is 1. The Morgan fingerprint density at radius 1 is 1.50 bits per heavy atom. The number of hydrogen-bond acceptors (Lipinski definition) is 2. The second-order valence-corrected chi connectivity index (χ2v) is 3.47. The summed E-state index contributed by atoms with van der Waals surface area (Å²) < 4.78 is 36.3. The van der Waals surface area contributed by atoms with Gasteiger partial charge >= 0.3 is 6.18 Å². The second kappa shape index (κ2) is 2.79. The van der Waals surface area contributed by atoms with E-state index in [1.165, 1.54) is 12.1 Å². The molecule has 64 valence electrons. The van der Waals surface area contributed by atoms with Gasteiger partial charge in [0.1, 0.15) is 10.9 Å². The third-order valence-electron chi connectivity index (χ3n) is 1.23. The molecule has 0 amide bonds. The minimum atomic E-state index is -4.40. The molecule has 1 rings (SSSR count). The lowest BCUT2D eigenvalue weighted by atomic mass is 10.2. The van der Waals surface area contributed by atoms with Gasteiger partial charge in [0.2, 0.25) is 0 Å². The Bertz CT molecular complexity index is 331. The van der Waals surface area contributed by atoms with E-state index in [0.717, 1.165) is 0 Å². The molecule has 0 aliphatic carbocycles. The number of alkyl halides is 3. The van der Waals surface area contributed by atoms with Crippen molar-refractivity contribution in [1.82, 2.24) is 0 Å². The molecular formula is C7H4F3NS. The van der Waals surface area contributed by atoms with Crippen molar-refractivity contribution in [3.8, 4) is 6.07 Å². The van der Waals surface area contributed by atoms with Crippen molar-refractivity contribution in [2.24, 2.45) is 0 Å². The van der Waals surface area contributed by atoms with Gasteiger partial charge in [0.05, 0.1) is 5.56 Å². The van der Waals surface area contributed by atoms with Gasteiger partial charge in [-0.05, 0) is 13.0 Å². The Morgan fingerprint density at radius 2 is 2.08 bits per heavy atom. The maximum atomic E-state index is 12.1. The molecule has 0 bridgehead atoms. The smallest absolute Gasteiger partial charge is 0.192 e. The van der Waals surface area contributed by atoms with Crippen LogP contribution in [0.3, 0.4) is 0 Å². The molecule has 0 fully saturated rings. The first-order chi connectivity index (χ1) is 5.45. The van der Waals surface area contributed by atoms with E-state index in [2.05, 4.69) is 0 Å². The number of halogens is 3. The summed E-state index contributed by atoms with van der Waals surface area (Å²) in [6.07, 6.45) is -4.40. The molecule has 1 nitrogen and oxygen atoms in total. The standard InChI is InChI=1S/C7H4F3NS/c1-4-2-5(3-11)6(12-4)7(8,9)10/h2H,1H3. The van der Waals surface area contributed by atoms with Crippen LogP contribution in [0.5, 0.6) is 0 Å². The van der Waals surface area contributed by atoms with Crippen molar-refractivity contribution in [3.05, 3.63) is 21.4 Å². The molecule has 0 atom stereocenters. The predicted molar refractivity (Wildman–Crippen MR) is 38.8 cm³/mol. The molecule has 0 spiro atoms. The van der Waals surface area contributed by atoms with E-state index in [4.69, 9.17) is 5.26 Å². The Labute approximate surface area is 71.1 Å². The molecule has 0 aliphatic rings. The topological polar surface area (TPSA) is 23.8 Å². The zero-order valence-electron chi connectivity index (χ0n) is 6.07. The lowest BCUT2D eigenvalue weighted by molar-refractivity contribution is -0.134. The van der Waals surface area contributed by atoms with Gasteiger partial charge in [0, 0.05) is 4.88 Å². The van der Waals surface area contributed by atoms with Crippen molar-refractivity contribution in [2.75, 3.05) is 0 Å². The van der Waals surface area contributed by atoms with Crippen LogP contribution in [-0.2, 0) is 6.18 Å². The van der Waals surface area contributed by atoms with Crippen LogP contribution in [0.2, 0.25) is 0 Å². The molecule has 0 radical (unpaired) electrons. The summed E-state index contributed by atoms with van der Waals surface area (Å²) in [7, 11) is 0. The number of aryl methyl sites for hydroxylation is 1. The van der Waals surface area contributed by atoms with Crippen molar-refractivity contribution in [2.45, 2.75) is 13.1 Å². The van der Waals surface area contributed by atoms with Crippen LogP contribution in [0.1, 0.15) is 15.3 Å². The number of rotatable bonds is 0. The maximum Gasteiger partial charge on any atom is 0.426 e. The third kappa shape index (κ3) is 1.59. The molecule has 5 heteroatoms. The average Bonchev–Trinajstić information content (AvgIpc) is 2.29. The summed E-state index contributed by atoms with van der Waals surface area (Å²) in [5.41, 5.74) is -0.287. The highest BCUT2D eigenvalue weighted by molar-refractivity contribution is 7.12. The Balaban J connectivity index is 3.25. The molecule has 0 N–H and O–H groups in total. The van der Waals surface area contributed by atoms with Crippen LogP contribution < -0.4 is 0 Å². The van der Waals surface area contributed by atoms with Crippen LogP contribution in [0, 0.1) is 18.3 Å². The normalized spacial score (nSPS) is 11.2. The van der Waals surface area contributed by atoms with Gasteiger partial charge in [-0.2, -0.15) is 18.4 Å². The van der Waals surface area contributed by atoms with Crippen LogP contribution in [0.4, 0.5) is 13.2 Å². The minimum absolute atomic E-state index is 0.287. The van der Waals surface area contributed by atoms with Gasteiger partial charge in [-0.3, -0.25) is 0 Å². The highest BCUT2D eigenvalue weighted by Crippen LogP contribution is 2.37. The fraction of sp³-hybridized carbons (Fsp3) is 0.286. The molecular weight excluding hydrogens is 187 g/mol. The summed E-state index contributed by atoms with van der Waals surface area (Å²) >= 11 is 0.598. The molecule has 0 aliphatic heterocycles. The van der Waals surface area contributed by atoms with E-state index in [1.54, 1.807) is 6.92 Å². The van der Waals surface area contributed by atoms with Crippen molar-refractivity contribution in [1.29, 1.82) is 5.26 Å². The number of thiophene rings is 1. The van der Waals surface area contributed by atoms with Gasteiger partial charge in [-0.25, -0.2) is 0 Å². The molecule has 0 aromatic carbocycles. The first-order valence-electron chi connectivity index (χ1n) is 3.03. The highest BCUT2D eigenvalue weighted by atomic mass is 32.1. The van der Waals surface area contributed by atoms with Crippen LogP contribution in [0.15, 0.2) is 6.07 Å². The Hall–Kier alpha value is -1.02. The zero-order valence-corrected chi connectivity index (χ0v) is 6.88. The predicted octanol–water partition coefficient (Wildman–Crippen LogP) is 2.95. The molecule has 1 heterocycles. The van der Waals surface area contributed by atoms with E-state index in [1.807, 2.05) is 0 Å². The second-order valence-electron chi connectivity index (χ2n) is 2.21. The van der Waals surface area contributed by atoms with E-state index in [0.29, 0.717) is 16.2 Å². The van der Waals surface area contributed by atoms with Gasteiger partial charge in [-0.1, -0.05) is 0 Å². The summed E-state index contributed by atoms with van der Waals surface area (Å²) in [5, 5.41) is 8.35. The third-order valence-corrected chi connectivity index (χ3v) is 2.33. The first kappa shape index (κ1) is 9.07. The highest BCUT2D eigenvalue weighted by Gasteiger charge is 2.35. The Kier molecular flexibility index (Phi) is 2.11. The maximum absolute atomic E-state index is 12.1. The first-order valence-corrected chi connectivity index (χ1v) is 3.84. The van der Waals surface area contributed by atoms with E-state index >= 15 is 0 Å². The van der Waals surface area contributed by atoms with Crippen molar-refractivity contribution in [3.63, 3.8) is 0 Å². The lowest BCUT2D eigenvalue weighted by Gasteiger charge is -2.01. The summed E-state index contributed by atoms with van der Waals surface area (Å²) in [6.45, 7) is 1.54. The quantitative estimate of drug-likeness (QED) is 0.618. The SMILES string of the molecule is Cc1cc(C#N)c(C(F)(F)F)s1. The fourth-order valence-corrected chi connectivity index (χ4v) is 1.64. The lowest BCUT2D eigenvalue weighted by Crippen LogP contribution is -2.03. The van der Waals surface area contributed by atoms with E-state index in [-0.39, 0.29) is 5.56 Å². The molecule has 0 saturated heterocycles. The summed E-state index contributed by atoms with van der Waals surface area (Å²) in [4.78, 5) is -0.304. The minimum Gasteiger partial charge on any atom is -0.192 e. The van der Waals surface area contributed by atoms with Crippen molar-refractivity contribution >= 4 is 11.3 Å². The van der Waals surface area contributed by atoms with Crippen LogP contribution >= 0.6 is 11.3 Å². The van der Waals surface area contributed by atoms with Gasteiger partial charge < -0.3 is 0 Å². The van der Waals surface area contributed by atoms with Crippen LogP contribution in [-0.4, -0.2) is 0 Å². The number of nitriles is 1. The van der Waals surface area contributed by atoms with Gasteiger partial charge in [0.25, 0.3) is 0 Å². The molecule has 0 saturated carbocycles. The molecule has 1 aromatic rings. The van der Waals surface area contributed by atoms with Crippen LogP contribution in [0.25, 0.3) is 0 Å². The van der Waals surface area contributed by atoms with Gasteiger partial charge in [-0.15, -0.1) is 11.3 Å². The van der Waals surface area contributed by atoms with Gasteiger partial charge in [0.15, 0.2) is 0 Å². The molecule has 12 heavy (non-hydrogen) atoms. The zero-order chi connectivity index (χ0) is 9.35. The summed E-state index contributed by atoms with van der Waals surface area (Å²) in [5.74, 6) is 0. The number of hydrogen-bond donors (Lipinski definition) is 0. The average molecular weight is 191 g/mol. The van der Waals surface area contributed by atoms with Crippen molar-refractivity contribution < 1.29 is 13.2 Å². The fourth-order valence-electron chi connectivity index (χ4n) is 0.808. The summed E-state index contributed by atoms with van der Waals surface area (Å²) in [6, 6.07) is 2.76. The molecule has 1 aromatic heterocycles. The molecule has 0 unspecified atom stereocenters. The van der Waals surface area contributed by atoms with E-state index in [9.17, 15) is 13.2 Å². The largest absolute Gasteiger partial charge is 0.426 e.